The predicted octanol–water partition coefficient (Wildman–Crippen LogP) is 5.82. The van der Waals surface area contributed by atoms with Crippen LogP contribution in [0.25, 0.3) is 0 Å². The lowest BCUT2D eigenvalue weighted by Crippen LogP contribution is -2.53. The number of nitrogens with one attached hydrogen (secondary N) is 1. The smallest absolute Gasteiger partial charge is 0.264 e. The average Bonchev–Trinajstić information content (AvgIpc) is 2.97. The molecule has 0 aliphatic rings. The summed E-state index contributed by atoms with van der Waals surface area (Å²) in [6.07, 6.45) is 0.989. The van der Waals surface area contributed by atoms with E-state index in [1.165, 1.54) is 54.5 Å². The third-order valence-electron chi connectivity index (χ3n) is 6.97. The number of hydrogen-bond donors (Lipinski definition) is 1. The van der Waals surface area contributed by atoms with Crippen molar-refractivity contribution in [1.82, 2.24) is 10.2 Å². The molecule has 1 N–H and O–H groups in total. The van der Waals surface area contributed by atoms with E-state index in [-0.39, 0.29) is 29.8 Å². The first-order valence-corrected chi connectivity index (χ1v) is 15.9. The van der Waals surface area contributed by atoms with E-state index in [4.69, 9.17) is 4.74 Å². The molecular weight excluding hydrogens is 625 g/mol. The molecule has 3 rings (SSSR count). The Morgan fingerprint density at radius 2 is 1.64 bits per heavy atom. The van der Waals surface area contributed by atoms with Gasteiger partial charge in [-0.3, -0.25) is 13.9 Å². The highest BCUT2D eigenvalue weighted by atomic mass is 79.9. The number of rotatable bonds is 13. The number of aryl methyl sites for hydroxylation is 1. The van der Waals surface area contributed by atoms with Crippen LogP contribution in [0.2, 0.25) is 0 Å². The topological polar surface area (TPSA) is 96.0 Å². The molecule has 0 bridgehead atoms. The normalized spacial score (nSPS) is 12.7. The highest BCUT2D eigenvalue weighted by Crippen LogP contribution is 2.31. The third-order valence-corrected chi connectivity index (χ3v) is 9.35. The van der Waals surface area contributed by atoms with Gasteiger partial charge in [-0.15, -0.1) is 0 Å². The number of methoxy groups -OCH3 is 1. The molecule has 8 nitrogen and oxygen atoms in total. The minimum atomic E-state index is -4.25. The van der Waals surface area contributed by atoms with Crippen LogP contribution in [0.5, 0.6) is 5.75 Å². The Bertz CT molecular complexity index is 1480. The number of benzene rings is 3. The second-order valence-electron chi connectivity index (χ2n) is 10.0. The standard InChI is InChI=1S/C31H37BrFN3O5S/c1-6-22(4)34-31(38)28(7-2)35(19-23-10-12-24(33)13-11-23)30(37)20-36(25-14-8-21(3)9-15-25)42(39,40)26-16-17-29(41-5)27(32)18-26/h8-18,22,28H,6-7,19-20H2,1-5H3,(H,34,38)/t22-,28-/m1/s1. The number of carbonyl (C=O) groups is 2. The highest BCUT2D eigenvalue weighted by molar-refractivity contribution is 9.10. The summed E-state index contributed by atoms with van der Waals surface area (Å²) in [5.41, 5.74) is 1.81. The Kier molecular flexibility index (Phi) is 11.5. The zero-order chi connectivity index (χ0) is 31.0. The van der Waals surface area contributed by atoms with Crippen LogP contribution in [-0.2, 0) is 26.2 Å². The minimum absolute atomic E-state index is 0.0125. The Morgan fingerprint density at radius 1 is 1.00 bits per heavy atom. The van der Waals surface area contributed by atoms with E-state index < -0.39 is 34.3 Å². The van der Waals surface area contributed by atoms with Gasteiger partial charge in [0.05, 0.1) is 22.2 Å². The largest absolute Gasteiger partial charge is 0.496 e. The molecule has 0 aromatic heterocycles. The Balaban J connectivity index is 2.07. The molecule has 3 aromatic carbocycles. The first kappa shape index (κ1) is 33.1. The number of anilines is 1. The summed E-state index contributed by atoms with van der Waals surface area (Å²) in [6.45, 7) is 6.89. The molecule has 0 heterocycles. The molecular formula is C31H37BrFN3O5S. The molecule has 11 heteroatoms. The summed E-state index contributed by atoms with van der Waals surface area (Å²) in [5, 5.41) is 2.93. The number of amides is 2. The van der Waals surface area contributed by atoms with Crippen molar-refractivity contribution in [1.29, 1.82) is 0 Å². The van der Waals surface area contributed by atoms with E-state index in [2.05, 4.69) is 21.2 Å². The fraction of sp³-hybridized carbons (Fsp3) is 0.355. The number of sulfonamides is 1. The van der Waals surface area contributed by atoms with Crippen molar-refractivity contribution in [2.24, 2.45) is 0 Å². The first-order chi connectivity index (χ1) is 19.9. The lowest BCUT2D eigenvalue weighted by Gasteiger charge is -2.33. The third kappa shape index (κ3) is 8.10. The lowest BCUT2D eigenvalue weighted by atomic mass is 10.1. The number of ether oxygens (including phenoxy) is 1. The fourth-order valence-corrected chi connectivity index (χ4v) is 6.45. The van der Waals surface area contributed by atoms with Gasteiger partial charge in [-0.2, -0.15) is 0 Å². The first-order valence-electron chi connectivity index (χ1n) is 13.7. The van der Waals surface area contributed by atoms with Crippen LogP contribution in [0.1, 0.15) is 44.7 Å². The van der Waals surface area contributed by atoms with E-state index in [1.807, 2.05) is 20.8 Å². The molecule has 0 aliphatic heterocycles. The van der Waals surface area contributed by atoms with E-state index in [1.54, 1.807) is 31.2 Å². The van der Waals surface area contributed by atoms with Crippen molar-refractivity contribution in [3.8, 4) is 5.75 Å². The van der Waals surface area contributed by atoms with Crippen LogP contribution in [0, 0.1) is 12.7 Å². The van der Waals surface area contributed by atoms with E-state index >= 15 is 0 Å². The maximum absolute atomic E-state index is 14.1. The van der Waals surface area contributed by atoms with Gasteiger partial charge in [-0.05, 0) is 90.6 Å². The van der Waals surface area contributed by atoms with Gasteiger partial charge in [0, 0.05) is 12.6 Å². The summed E-state index contributed by atoms with van der Waals surface area (Å²) >= 11 is 3.35. The molecule has 0 saturated carbocycles. The van der Waals surface area contributed by atoms with Crippen molar-refractivity contribution >= 4 is 43.5 Å². The number of halogens is 2. The van der Waals surface area contributed by atoms with Crippen LogP contribution in [-0.4, -0.2) is 50.9 Å². The van der Waals surface area contributed by atoms with Crippen molar-refractivity contribution in [3.05, 3.63) is 88.1 Å². The zero-order valence-corrected chi connectivity index (χ0v) is 26.8. The van der Waals surface area contributed by atoms with Crippen molar-refractivity contribution in [2.75, 3.05) is 18.0 Å². The molecule has 2 atom stereocenters. The van der Waals surface area contributed by atoms with E-state index in [0.29, 0.717) is 27.9 Å². The maximum Gasteiger partial charge on any atom is 0.264 e. The Labute approximate surface area is 256 Å². The summed E-state index contributed by atoms with van der Waals surface area (Å²) in [5.74, 6) is -0.899. The summed E-state index contributed by atoms with van der Waals surface area (Å²) in [4.78, 5) is 28.8. The molecule has 0 unspecified atom stereocenters. The second-order valence-corrected chi connectivity index (χ2v) is 12.8. The van der Waals surface area contributed by atoms with Crippen molar-refractivity contribution in [2.45, 2.75) is 64.1 Å². The number of nitrogens with zero attached hydrogens (tertiary/aromatic N) is 2. The average molecular weight is 663 g/mol. The van der Waals surface area contributed by atoms with Crippen LogP contribution >= 0.6 is 15.9 Å². The van der Waals surface area contributed by atoms with Gasteiger partial charge in [0.1, 0.15) is 24.2 Å². The van der Waals surface area contributed by atoms with Gasteiger partial charge in [0.2, 0.25) is 11.8 Å². The Hall–Kier alpha value is -3.44. The highest BCUT2D eigenvalue weighted by Gasteiger charge is 2.34. The van der Waals surface area contributed by atoms with Crippen LogP contribution in [0.4, 0.5) is 10.1 Å². The molecule has 42 heavy (non-hydrogen) atoms. The lowest BCUT2D eigenvalue weighted by molar-refractivity contribution is -0.140. The fourth-order valence-electron chi connectivity index (χ4n) is 4.32. The molecule has 3 aromatic rings. The molecule has 226 valence electrons. The molecule has 0 fully saturated rings. The maximum atomic E-state index is 14.1. The van der Waals surface area contributed by atoms with Gasteiger partial charge >= 0.3 is 0 Å². The van der Waals surface area contributed by atoms with E-state index in [9.17, 15) is 22.4 Å². The second kappa shape index (κ2) is 14.6. The van der Waals surface area contributed by atoms with Crippen molar-refractivity contribution < 1.29 is 27.1 Å². The zero-order valence-electron chi connectivity index (χ0n) is 24.4. The van der Waals surface area contributed by atoms with Gasteiger partial charge in [-0.25, -0.2) is 12.8 Å². The SMILES string of the molecule is CC[C@@H](C)NC(=O)[C@@H](CC)N(Cc1ccc(F)cc1)C(=O)CN(c1ccc(C)cc1)S(=O)(=O)c1ccc(OC)c(Br)c1. The molecule has 0 spiro atoms. The van der Waals surface area contributed by atoms with Crippen LogP contribution in [0.15, 0.2) is 76.1 Å². The van der Waals surface area contributed by atoms with Gasteiger partial charge < -0.3 is 15.0 Å². The quantitative estimate of drug-likeness (QED) is 0.249. The molecule has 0 radical (unpaired) electrons. The van der Waals surface area contributed by atoms with Crippen LogP contribution in [0.3, 0.4) is 0 Å². The minimum Gasteiger partial charge on any atom is -0.496 e. The predicted molar refractivity (Wildman–Crippen MR) is 165 cm³/mol. The van der Waals surface area contributed by atoms with Gasteiger partial charge in [-0.1, -0.05) is 43.7 Å². The van der Waals surface area contributed by atoms with Gasteiger partial charge in [0.25, 0.3) is 10.0 Å². The van der Waals surface area contributed by atoms with E-state index in [0.717, 1.165) is 9.87 Å². The summed E-state index contributed by atoms with van der Waals surface area (Å²) < 4.78 is 48.5. The summed E-state index contributed by atoms with van der Waals surface area (Å²) in [7, 11) is -2.77. The molecule has 0 saturated heterocycles. The summed E-state index contributed by atoms with van der Waals surface area (Å²) in [6, 6.07) is 15.8. The number of hydrogen-bond acceptors (Lipinski definition) is 5. The number of carbonyl (C=O) groups excluding carboxylic acids is 2. The molecule has 2 amide bonds. The Morgan fingerprint density at radius 3 is 2.19 bits per heavy atom. The van der Waals surface area contributed by atoms with Gasteiger partial charge in [0.15, 0.2) is 0 Å². The monoisotopic (exact) mass is 661 g/mol. The van der Waals surface area contributed by atoms with Crippen LogP contribution < -0.4 is 14.4 Å². The van der Waals surface area contributed by atoms with Crippen molar-refractivity contribution in [3.63, 3.8) is 0 Å². The molecule has 0 aliphatic carbocycles.